The Morgan fingerprint density at radius 3 is 3.06 bits per heavy atom. The molecule has 82 valence electrons. The summed E-state index contributed by atoms with van der Waals surface area (Å²) in [5.41, 5.74) is 0.380. The highest BCUT2D eigenvalue weighted by atomic mass is 16.6. The number of nitrogens with zero attached hydrogens (tertiary/aromatic N) is 3. The second-order valence-electron chi connectivity index (χ2n) is 3.04. The van der Waals surface area contributed by atoms with Crippen LogP contribution in [-0.2, 0) is 6.54 Å². The van der Waals surface area contributed by atoms with E-state index >= 15 is 0 Å². The number of aromatic amines is 1. The first kappa shape index (κ1) is 10.1. The topological polar surface area (TPSA) is 96.7 Å². The average Bonchev–Trinajstić information content (AvgIpc) is 2.79. The maximum atomic E-state index is 10.7. The van der Waals surface area contributed by atoms with Crippen molar-refractivity contribution in [2.75, 3.05) is 5.32 Å². The summed E-state index contributed by atoms with van der Waals surface area (Å²) in [7, 11) is 0. The second-order valence-corrected chi connectivity index (χ2v) is 3.04. The van der Waals surface area contributed by atoms with E-state index in [1.807, 2.05) is 0 Å². The molecule has 16 heavy (non-hydrogen) atoms. The number of rotatable bonds is 4. The molecule has 0 radical (unpaired) electrons. The average molecular weight is 219 g/mol. The van der Waals surface area contributed by atoms with E-state index < -0.39 is 4.92 Å². The van der Waals surface area contributed by atoms with Gasteiger partial charge in [-0.05, 0) is 6.07 Å². The maximum Gasteiger partial charge on any atom is 0.310 e. The summed E-state index contributed by atoms with van der Waals surface area (Å²) in [5.74, 6) is 0.714. The molecule has 0 aliphatic rings. The number of nitro groups is 1. The zero-order valence-corrected chi connectivity index (χ0v) is 8.25. The van der Waals surface area contributed by atoms with Crippen molar-refractivity contribution in [2.24, 2.45) is 0 Å². The van der Waals surface area contributed by atoms with Crippen molar-refractivity contribution < 1.29 is 4.92 Å². The van der Waals surface area contributed by atoms with Crippen molar-refractivity contribution in [3.8, 4) is 0 Å². The highest BCUT2D eigenvalue weighted by Gasteiger charge is 2.12. The van der Waals surface area contributed by atoms with Gasteiger partial charge in [0.1, 0.15) is 17.7 Å². The predicted molar refractivity (Wildman–Crippen MR) is 56.8 cm³/mol. The number of nitrogens with one attached hydrogen (secondary N) is 2. The molecule has 2 heterocycles. The number of H-pyrrole nitrogens is 1. The second kappa shape index (κ2) is 4.39. The van der Waals surface area contributed by atoms with Crippen molar-refractivity contribution in [3.63, 3.8) is 0 Å². The third-order valence-corrected chi connectivity index (χ3v) is 2.00. The van der Waals surface area contributed by atoms with Crippen LogP contribution in [0.2, 0.25) is 0 Å². The van der Waals surface area contributed by atoms with Crippen LogP contribution in [-0.4, -0.2) is 19.9 Å². The maximum absolute atomic E-state index is 10.7. The fraction of sp³-hybridized carbons (Fsp3) is 0.111. The smallest absolute Gasteiger partial charge is 0.310 e. The minimum atomic E-state index is -0.475. The highest BCUT2D eigenvalue weighted by molar-refractivity contribution is 5.59. The molecule has 0 saturated carbocycles. The molecule has 2 rings (SSSR count). The molecule has 0 aliphatic carbocycles. The molecule has 0 amide bonds. The third-order valence-electron chi connectivity index (χ3n) is 2.00. The van der Waals surface area contributed by atoms with Gasteiger partial charge in [0.15, 0.2) is 0 Å². The minimum absolute atomic E-state index is 0.0472. The molecular weight excluding hydrogens is 210 g/mol. The summed E-state index contributed by atoms with van der Waals surface area (Å²) in [6.45, 7) is 0.401. The summed E-state index contributed by atoms with van der Waals surface area (Å²) < 4.78 is 0. The fourth-order valence-electron chi connectivity index (χ4n) is 1.25. The Labute approximate surface area is 90.7 Å². The summed E-state index contributed by atoms with van der Waals surface area (Å²) in [6, 6.07) is 1.56. The van der Waals surface area contributed by atoms with Gasteiger partial charge in [-0.15, -0.1) is 0 Å². The van der Waals surface area contributed by atoms with Gasteiger partial charge >= 0.3 is 5.69 Å². The van der Waals surface area contributed by atoms with Crippen LogP contribution in [0.5, 0.6) is 0 Å². The molecule has 0 fully saturated rings. The summed E-state index contributed by atoms with van der Waals surface area (Å²) in [4.78, 5) is 20.8. The van der Waals surface area contributed by atoms with Gasteiger partial charge in [0, 0.05) is 18.6 Å². The first-order valence-electron chi connectivity index (χ1n) is 4.58. The van der Waals surface area contributed by atoms with E-state index in [4.69, 9.17) is 0 Å². The fourth-order valence-corrected chi connectivity index (χ4v) is 1.25. The molecule has 2 N–H and O–H groups in total. The van der Waals surface area contributed by atoms with Crippen LogP contribution in [0.15, 0.2) is 30.9 Å². The van der Waals surface area contributed by atoms with Gasteiger partial charge in [0.05, 0.1) is 11.5 Å². The van der Waals surface area contributed by atoms with Gasteiger partial charge in [0.2, 0.25) is 0 Å². The molecule has 0 bridgehead atoms. The van der Waals surface area contributed by atoms with Crippen LogP contribution in [0.4, 0.5) is 11.4 Å². The highest BCUT2D eigenvalue weighted by Crippen LogP contribution is 2.21. The number of pyridine rings is 1. The Hall–Kier alpha value is -2.44. The van der Waals surface area contributed by atoms with Crippen molar-refractivity contribution in [1.29, 1.82) is 0 Å². The summed E-state index contributed by atoms with van der Waals surface area (Å²) in [5, 5.41) is 13.6. The van der Waals surface area contributed by atoms with Crippen LogP contribution in [0.25, 0.3) is 0 Å². The molecule has 2 aromatic rings. The summed E-state index contributed by atoms with van der Waals surface area (Å²) >= 11 is 0. The molecule has 0 saturated heterocycles. The molecule has 0 aromatic carbocycles. The van der Waals surface area contributed by atoms with Gasteiger partial charge < -0.3 is 10.3 Å². The van der Waals surface area contributed by atoms with E-state index in [9.17, 15) is 10.1 Å². The van der Waals surface area contributed by atoms with Gasteiger partial charge in [0.25, 0.3) is 0 Å². The lowest BCUT2D eigenvalue weighted by atomic mass is 10.3. The van der Waals surface area contributed by atoms with Crippen molar-refractivity contribution in [3.05, 3.63) is 46.8 Å². The molecule has 0 unspecified atom stereocenters. The first-order chi connectivity index (χ1) is 7.77. The van der Waals surface area contributed by atoms with Gasteiger partial charge in [-0.25, -0.2) is 4.98 Å². The van der Waals surface area contributed by atoms with Crippen molar-refractivity contribution in [2.45, 2.75) is 6.54 Å². The van der Waals surface area contributed by atoms with Gasteiger partial charge in [-0.1, -0.05) is 0 Å². The first-order valence-corrected chi connectivity index (χ1v) is 4.58. The standard InChI is InChI=1S/C9H9N5O2/c15-14(16)8-5-10-2-1-7(8)13-6-9-11-3-4-12-9/h1-5H,6H2,(H,10,13)(H,11,12). The molecule has 7 heteroatoms. The van der Waals surface area contributed by atoms with Crippen molar-refractivity contribution in [1.82, 2.24) is 15.0 Å². The van der Waals surface area contributed by atoms with E-state index in [-0.39, 0.29) is 5.69 Å². The van der Waals surface area contributed by atoms with Crippen LogP contribution < -0.4 is 5.32 Å². The van der Waals surface area contributed by atoms with E-state index in [0.717, 1.165) is 0 Å². The molecule has 0 aliphatic heterocycles. The van der Waals surface area contributed by atoms with E-state index in [1.54, 1.807) is 18.5 Å². The zero-order chi connectivity index (χ0) is 11.4. The minimum Gasteiger partial charge on any atom is -0.372 e. The molecule has 7 nitrogen and oxygen atoms in total. The monoisotopic (exact) mass is 219 g/mol. The van der Waals surface area contributed by atoms with E-state index in [2.05, 4.69) is 20.3 Å². The molecule has 0 atom stereocenters. The predicted octanol–water partition coefficient (Wildman–Crippen LogP) is 1.32. The number of anilines is 1. The van der Waals surface area contributed by atoms with Crippen LogP contribution in [0, 0.1) is 10.1 Å². The molecule has 0 spiro atoms. The molecular formula is C9H9N5O2. The normalized spacial score (nSPS) is 10.0. The Balaban J connectivity index is 2.12. The van der Waals surface area contributed by atoms with Crippen molar-refractivity contribution >= 4 is 11.4 Å². The lowest BCUT2D eigenvalue weighted by Gasteiger charge is -2.04. The number of hydrogen-bond donors (Lipinski definition) is 2. The lowest BCUT2D eigenvalue weighted by Crippen LogP contribution is -2.04. The largest absolute Gasteiger partial charge is 0.372 e. The van der Waals surface area contributed by atoms with Crippen LogP contribution in [0.1, 0.15) is 5.82 Å². The summed E-state index contributed by atoms with van der Waals surface area (Å²) in [6.07, 6.45) is 6.03. The quantitative estimate of drug-likeness (QED) is 0.597. The number of hydrogen-bond acceptors (Lipinski definition) is 5. The zero-order valence-electron chi connectivity index (χ0n) is 8.25. The van der Waals surface area contributed by atoms with Crippen LogP contribution >= 0.6 is 0 Å². The third kappa shape index (κ3) is 2.14. The van der Waals surface area contributed by atoms with Crippen LogP contribution in [0.3, 0.4) is 0 Å². The number of imidazole rings is 1. The van der Waals surface area contributed by atoms with Gasteiger partial charge in [-0.2, -0.15) is 0 Å². The van der Waals surface area contributed by atoms with E-state index in [1.165, 1.54) is 12.4 Å². The Morgan fingerprint density at radius 1 is 1.50 bits per heavy atom. The Kier molecular flexibility index (Phi) is 2.77. The Bertz CT molecular complexity index is 482. The lowest BCUT2D eigenvalue weighted by molar-refractivity contribution is -0.384. The SMILES string of the molecule is O=[N+]([O-])c1cnccc1NCc1ncc[nH]1. The van der Waals surface area contributed by atoms with E-state index in [0.29, 0.717) is 18.1 Å². The van der Waals surface area contributed by atoms with Gasteiger partial charge in [-0.3, -0.25) is 15.1 Å². The Morgan fingerprint density at radius 2 is 2.38 bits per heavy atom. The molecule has 2 aromatic heterocycles. The number of aromatic nitrogens is 3.